The quantitative estimate of drug-likeness (QED) is 0.670. The zero-order chi connectivity index (χ0) is 10.6. The maximum absolute atomic E-state index is 11.1. The van der Waals surface area contributed by atoms with Crippen molar-refractivity contribution in [1.82, 2.24) is 0 Å². The van der Waals surface area contributed by atoms with Crippen LogP contribution in [0.15, 0.2) is 24.3 Å². The van der Waals surface area contributed by atoms with Crippen molar-refractivity contribution in [2.75, 3.05) is 7.11 Å². The molecule has 0 spiro atoms. The molecule has 0 aliphatic rings. The molecule has 0 amide bonds. The van der Waals surface area contributed by atoms with E-state index in [1.165, 1.54) is 7.11 Å². The minimum Gasteiger partial charge on any atom is -0.508 e. The number of hydrogen-bond donors (Lipinski definition) is 2. The molecule has 1 atom stereocenters. The molecule has 1 rings (SSSR count). The number of nitrogens with two attached hydrogens (primary N) is 1. The van der Waals surface area contributed by atoms with Gasteiger partial charge in [-0.1, -0.05) is 12.1 Å². The molecule has 1 unspecified atom stereocenters. The van der Waals surface area contributed by atoms with Gasteiger partial charge in [0.2, 0.25) is 0 Å². The van der Waals surface area contributed by atoms with E-state index in [2.05, 4.69) is 9.85 Å². The standard InChI is InChI=1S/C9H11NO3/c1-13-9(12)8(10)6-2-4-7(11)5-3-6/h2-5,8,11H,10H2,1H3/i/hD. The number of benzene rings is 1. The van der Waals surface area contributed by atoms with E-state index >= 15 is 0 Å². The maximum atomic E-state index is 11.1. The summed E-state index contributed by atoms with van der Waals surface area (Å²) < 4.78 is 11.1. The van der Waals surface area contributed by atoms with Gasteiger partial charge in [-0.05, 0) is 17.7 Å². The van der Waals surface area contributed by atoms with E-state index in [0.29, 0.717) is 11.3 Å². The molecule has 0 saturated carbocycles. The number of rotatable bonds is 3. The highest BCUT2D eigenvalue weighted by Crippen LogP contribution is 2.15. The van der Waals surface area contributed by atoms with Crippen molar-refractivity contribution in [2.24, 2.45) is 5.73 Å². The number of phenolic OH excluding ortho intramolecular Hbond substituents is 1. The Morgan fingerprint density at radius 1 is 1.62 bits per heavy atom. The Bertz CT molecular complexity index is 312. The highest BCUT2D eigenvalue weighted by molar-refractivity contribution is 5.77. The van der Waals surface area contributed by atoms with Gasteiger partial charge in [-0.2, -0.15) is 0 Å². The molecule has 1 aromatic rings. The van der Waals surface area contributed by atoms with Gasteiger partial charge < -0.3 is 15.6 Å². The van der Waals surface area contributed by atoms with Gasteiger partial charge in [0.05, 0.1) is 7.11 Å². The zero-order valence-corrected chi connectivity index (χ0v) is 7.19. The third-order valence-electron chi connectivity index (χ3n) is 1.69. The Labute approximate surface area is 77.4 Å². The number of phenols is 1. The Kier molecular flexibility index (Phi) is 2.43. The molecule has 0 aliphatic carbocycles. The molecule has 4 nitrogen and oxygen atoms in total. The Morgan fingerprint density at radius 2 is 2.23 bits per heavy atom. The second kappa shape index (κ2) is 3.91. The SMILES string of the molecule is [2H]Oc1ccc(C(N)C(=O)OC)cc1. The van der Waals surface area contributed by atoms with E-state index in [-0.39, 0.29) is 0 Å². The molecular formula is C9H11NO3. The van der Waals surface area contributed by atoms with E-state index in [1.807, 2.05) is 0 Å². The summed E-state index contributed by atoms with van der Waals surface area (Å²) in [7, 11) is 1.28. The second-order valence-corrected chi connectivity index (χ2v) is 2.57. The van der Waals surface area contributed by atoms with Crippen LogP contribution in [0.1, 0.15) is 11.6 Å². The Morgan fingerprint density at radius 3 is 2.69 bits per heavy atom. The fraction of sp³-hybridized carbons (Fsp3) is 0.222. The van der Waals surface area contributed by atoms with Crippen LogP contribution in [-0.4, -0.2) is 19.6 Å². The summed E-state index contributed by atoms with van der Waals surface area (Å²) in [5.41, 5.74) is 6.20. The summed E-state index contributed by atoms with van der Waals surface area (Å²) in [5, 5.41) is 4.23. The van der Waals surface area contributed by atoms with Crippen LogP contribution in [0.25, 0.3) is 0 Å². The third-order valence-corrected chi connectivity index (χ3v) is 1.69. The second-order valence-electron chi connectivity index (χ2n) is 2.57. The average Bonchev–Trinajstić information content (AvgIpc) is 2.27. The summed E-state index contributed by atoms with van der Waals surface area (Å²) in [4.78, 5) is 11.1. The summed E-state index contributed by atoms with van der Waals surface area (Å²) in [6, 6.07) is 5.56. The fourth-order valence-corrected chi connectivity index (χ4v) is 0.938. The summed E-state index contributed by atoms with van der Waals surface area (Å²) >= 11 is 0. The largest absolute Gasteiger partial charge is 0.508 e. The van der Waals surface area contributed by atoms with E-state index < -0.39 is 12.0 Å². The summed E-state index contributed by atoms with van der Waals surface area (Å²) in [5.74, 6) is -0.102. The molecule has 3 N–H and O–H groups in total. The average molecular weight is 182 g/mol. The number of carbonyl (C=O) groups is 1. The fourth-order valence-electron chi connectivity index (χ4n) is 0.938. The lowest BCUT2D eigenvalue weighted by Gasteiger charge is -2.08. The maximum Gasteiger partial charge on any atom is 0.327 e. The molecule has 0 saturated heterocycles. The van der Waals surface area contributed by atoms with Crippen LogP contribution in [0.4, 0.5) is 0 Å². The molecule has 1 aromatic carbocycles. The molecule has 70 valence electrons. The monoisotopic (exact) mass is 182 g/mol. The lowest BCUT2D eigenvalue weighted by molar-refractivity contribution is -0.142. The molecule has 0 heterocycles. The first-order chi connectivity index (χ1) is 6.69. The zero-order valence-electron chi connectivity index (χ0n) is 8.19. The van der Waals surface area contributed by atoms with Gasteiger partial charge in [0.25, 0.3) is 1.43 Å². The van der Waals surface area contributed by atoms with Gasteiger partial charge in [-0.15, -0.1) is 0 Å². The van der Waals surface area contributed by atoms with Crippen molar-refractivity contribution in [3.8, 4) is 5.75 Å². The normalized spacial score (nSPS) is 12.9. The number of hydrogen-bond acceptors (Lipinski definition) is 4. The van der Waals surface area contributed by atoms with Gasteiger partial charge >= 0.3 is 5.97 Å². The van der Waals surface area contributed by atoms with Crippen molar-refractivity contribution in [3.63, 3.8) is 0 Å². The van der Waals surface area contributed by atoms with E-state index in [9.17, 15) is 4.79 Å². The number of aromatic hydroxyl groups is 1. The van der Waals surface area contributed by atoms with Gasteiger partial charge in [-0.25, -0.2) is 0 Å². The van der Waals surface area contributed by atoms with Crippen LogP contribution < -0.4 is 5.73 Å². The Balaban J connectivity index is 2.81. The Hall–Kier alpha value is -1.55. The minimum atomic E-state index is -0.792. The molecular weight excluding hydrogens is 170 g/mol. The predicted octanol–water partition coefficient (Wildman–Crippen LogP) is 0.565. The van der Waals surface area contributed by atoms with Crippen LogP contribution in [0, 0.1) is 0 Å². The number of carbonyl (C=O) groups excluding carboxylic acids is 1. The van der Waals surface area contributed by atoms with Crippen LogP contribution in [0.3, 0.4) is 0 Å². The van der Waals surface area contributed by atoms with Crippen molar-refractivity contribution in [3.05, 3.63) is 29.8 Å². The van der Waals surface area contributed by atoms with Gasteiger partial charge in [0, 0.05) is 0 Å². The third kappa shape index (κ3) is 2.19. The molecule has 4 heteroatoms. The van der Waals surface area contributed by atoms with Crippen LogP contribution in [-0.2, 0) is 9.53 Å². The molecule has 0 bridgehead atoms. The number of methoxy groups -OCH3 is 1. The lowest BCUT2D eigenvalue weighted by Crippen LogP contribution is -2.22. The first-order valence-electron chi connectivity index (χ1n) is 4.16. The molecule has 0 aromatic heterocycles. The highest BCUT2D eigenvalue weighted by Gasteiger charge is 2.15. The molecule has 0 aliphatic heterocycles. The molecule has 0 radical (unpaired) electrons. The summed E-state index contributed by atoms with van der Waals surface area (Å²) in [6.45, 7) is 0. The van der Waals surface area contributed by atoms with Gasteiger partial charge in [-0.3, -0.25) is 4.79 Å². The highest BCUT2D eigenvalue weighted by atomic mass is 16.5. The van der Waals surface area contributed by atoms with Crippen molar-refractivity contribution in [2.45, 2.75) is 6.04 Å². The van der Waals surface area contributed by atoms with E-state index in [4.69, 9.17) is 7.16 Å². The van der Waals surface area contributed by atoms with Gasteiger partial charge in [0.1, 0.15) is 11.8 Å². The molecule has 13 heavy (non-hydrogen) atoms. The predicted molar refractivity (Wildman–Crippen MR) is 47.1 cm³/mol. The van der Waals surface area contributed by atoms with Crippen LogP contribution >= 0.6 is 0 Å². The first-order valence-corrected chi connectivity index (χ1v) is 3.75. The topological polar surface area (TPSA) is 72.5 Å². The van der Waals surface area contributed by atoms with Crippen molar-refractivity contribution >= 4 is 5.97 Å². The smallest absolute Gasteiger partial charge is 0.327 e. The van der Waals surface area contributed by atoms with Crippen LogP contribution in [0.2, 0.25) is 0 Å². The molecule has 0 fully saturated rings. The van der Waals surface area contributed by atoms with Crippen molar-refractivity contribution < 1.29 is 14.6 Å². The number of ether oxygens (including phenoxy) is 1. The number of esters is 1. The van der Waals surface area contributed by atoms with Gasteiger partial charge in [0.15, 0.2) is 0 Å². The van der Waals surface area contributed by atoms with Crippen LogP contribution in [0.5, 0.6) is 5.75 Å². The lowest BCUT2D eigenvalue weighted by atomic mass is 10.1. The minimum absolute atomic E-state index is 0.394. The summed E-state index contributed by atoms with van der Waals surface area (Å²) in [6.07, 6.45) is 0. The first kappa shape index (κ1) is 8.07. The van der Waals surface area contributed by atoms with E-state index in [1.54, 1.807) is 24.3 Å². The van der Waals surface area contributed by atoms with Crippen molar-refractivity contribution in [1.29, 1.82) is 1.43 Å². The van der Waals surface area contributed by atoms with E-state index in [0.717, 1.165) is 0 Å².